The molecule has 2 aromatic carbocycles. The van der Waals surface area contributed by atoms with E-state index in [0.717, 1.165) is 22.5 Å². The van der Waals surface area contributed by atoms with Crippen molar-refractivity contribution in [2.45, 2.75) is 6.42 Å². The van der Waals surface area contributed by atoms with E-state index in [9.17, 15) is 9.18 Å². The highest BCUT2D eigenvalue weighted by atomic mass is 19.1. The minimum Gasteiger partial charge on any atom is -0.380 e. The van der Waals surface area contributed by atoms with Crippen LogP contribution in [0.5, 0.6) is 0 Å². The maximum Gasteiger partial charge on any atom is 0.289 e. The molecule has 1 N–H and O–H groups in total. The molecule has 0 unspecified atom stereocenters. The minimum absolute atomic E-state index is 0.184. The number of rotatable bonds is 5. The number of aromatic nitrogens is 4. The van der Waals surface area contributed by atoms with Gasteiger partial charge in [0.2, 0.25) is 0 Å². The quantitative estimate of drug-likeness (QED) is 0.592. The summed E-state index contributed by atoms with van der Waals surface area (Å²) in [4.78, 5) is 16.7. The molecule has 0 spiro atoms. The summed E-state index contributed by atoms with van der Waals surface area (Å²) in [6.45, 7) is 0.512. The molecule has 0 aliphatic rings. The molecule has 4 aromatic rings. The fourth-order valence-electron chi connectivity index (χ4n) is 3.08. The average molecular weight is 363 g/mol. The van der Waals surface area contributed by atoms with E-state index in [1.165, 1.54) is 16.8 Å². The average Bonchev–Trinajstić information content (AvgIpc) is 3.03. The number of halogens is 1. The first-order valence-electron chi connectivity index (χ1n) is 8.62. The van der Waals surface area contributed by atoms with E-state index in [4.69, 9.17) is 0 Å². The maximum absolute atomic E-state index is 13.8. The Morgan fingerprint density at radius 3 is 2.74 bits per heavy atom. The summed E-state index contributed by atoms with van der Waals surface area (Å²) in [5.74, 6) is 0.490. The van der Waals surface area contributed by atoms with Crippen LogP contribution >= 0.6 is 0 Å². The van der Waals surface area contributed by atoms with Crippen LogP contribution in [0.3, 0.4) is 0 Å². The summed E-state index contributed by atoms with van der Waals surface area (Å²) in [6.07, 6.45) is 2.14. The van der Waals surface area contributed by atoms with Gasteiger partial charge < -0.3 is 5.32 Å². The second-order valence-corrected chi connectivity index (χ2v) is 6.18. The third-order valence-corrected chi connectivity index (χ3v) is 4.37. The molecule has 0 aliphatic carbocycles. The fourth-order valence-corrected chi connectivity index (χ4v) is 3.08. The van der Waals surface area contributed by atoms with E-state index < -0.39 is 0 Å². The van der Waals surface area contributed by atoms with Crippen LogP contribution in [0.15, 0.2) is 65.6 Å². The Kier molecular flexibility index (Phi) is 4.42. The highest BCUT2D eigenvalue weighted by molar-refractivity contribution is 5.78. The zero-order valence-corrected chi connectivity index (χ0v) is 14.8. The van der Waals surface area contributed by atoms with Gasteiger partial charge in [0.25, 0.3) is 5.56 Å². The van der Waals surface area contributed by atoms with Gasteiger partial charge in [-0.2, -0.15) is 5.10 Å². The standard InChI is InChI=1S/C20H18FN5O/c1-25-20(27)17(9-12-23-25)22-11-10-19-24-16-8-7-14(21)13-18(16)26(19)15-5-3-2-4-6-15/h2-9,12-13,22H,10-11H2,1H3. The lowest BCUT2D eigenvalue weighted by Crippen LogP contribution is -2.23. The summed E-state index contributed by atoms with van der Waals surface area (Å²) in [7, 11) is 1.61. The molecule has 27 heavy (non-hydrogen) atoms. The van der Waals surface area contributed by atoms with E-state index in [1.807, 2.05) is 34.9 Å². The van der Waals surface area contributed by atoms with Crippen molar-refractivity contribution in [3.05, 3.63) is 82.8 Å². The van der Waals surface area contributed by atoms with Crippen molar-refractivity contribution in [3.63, 3.8) is 0 Å². The molecule has 0 fully saturated rings. The number of hydrogen-bond donors (Lipinski definition) is 1. The van der Waals surface area contributed by atoms with Crippen LogP contribution in [0, 0.1) is 5.82 Å². The van der Waals surface area contributed by atoms with Crippen LogP contribution < -0.4 is 10.9 Å². The number of fused-ring (bicyclic) bond motifs is 1. The van der Waals surface area contributed by atoms with Crippen molar-refractivity contribution in [1.29, 1.82) is 0 Å². The molecule has 0 saturated heterocycles. The largest absolute Gasteiger partial charge is 0.380 e. The molecular weight excluding hydrogens is 345 g/mol. The Hall–Kier alpha value is -3.48. The smallest absolute Gasteiger partial charge is 0.289 e. The predicted molar refractivity (Wildman–Crippen MR) is 103 cm³/mol. The highest BCUT2D eigenvalue weighted by Gasteiger charge is 2.13. The van der Waals surface area contributed by atoms with Crippen molar-refractivity contribution in [2.24, 2.45) is 7.05 Å². The second kappa shape index (κ2) is 7.03. The van der Waals surface area contributed by atoms with E-state index in [2.05, 4.69) is 15.4 Å². The number of anilines is 1. The summed E-state index contributed by atoms with van der Waals surface area (Å²) < 4.78 is 17.0. The van der Waals surface area contributed by atoms with Crippen LogP contribution in [0.25, 0.3) is 16.7 Å². The Bertz CT molecular complexity index is 1150. The van der Waals surface area contributed by atoms with Crippen molar-refractivity contribution in [2.75, 3.05) is 11.9 Å². The van der Waals surface area contributed by atoms with Crippen LogP contribution in [0.4, 0.5) is 10.1 Å². The SMILES string of the molecule is Cn1nccc(NCCc2nc3ccc(F)cc3n2-c2ccccc2)c1=O. The molecule has 0 bridgehead atoms. The lowest BCUT2D eigenvalue weighted by Gasteiger charge is -2.10. The summed E-state index contributed by atoms with van der Waals surface area (Å²) >= 11 is 0. The molecule has 136 valence electrons. The Balaban J connectivity index is 1.67. The third-order valence-electron chi connectivity index (χ3n) is 4.37. The molecule has 0 atom stereocenters. The lowest BCUT2D eigenvalue weighted by molar-refractivity contribution is 0.629. The number of hydrogen-bond acceptors (Lipinski definition) is 4. The van der Waals surface area contributed by atoms with Crippen molar-refractivity contribution in [1.82, 2.24) is 19.3 Å². The second-order valence-electron chi connectivity index (χ2n) is 6.18. The van der Waals surface area contributed by atoms with Gasteiger partial charge in [0.05, 0.1) is 11.0 Å². The van der Waals surface area contributed by atoms with Crippen molar-refractivity contribution in [3.8, 4) is 5.69 Å². The van der Waals surface area contributed by atoms with Crippen LogP contribution in [0.2, 0.25) is 0 Å². The molecule has 7 heteroatoms. The Morgan fingerprint density at radius 2 is 1.93 bits per heavy atom. The first kappa shape index (κ1) is 17.0. The fraction of sp³-hybridized carbons (Fsp3) is 0.150. The molecule has 0 amide bonds. The lowest BCUT2D eigenvalue weighted by atomic mass is 10.2. The first-order valence-corrected chi connectivity index (χ1v) is 8.62. The maximum atomic E-state index is 13.8. The van der Waals surface area contributed by atoms with E-state index >= 15 is 0 Å². The minimum atomic E-state index is -0.301. The Morgan fingerprint density at radius 1 is 1.11 bits per heavy atom. The zero-order valence-electron chi connectivity index (χ0n) is 14.8. The first-order chi connectivity index (χ1) is 13.1. The van der Waals surface area contributed by atoms with E-state index in [-0.39, 0.29) is 11.4 Å². The van der Waals surface area contributed by atoms with Gasteiger partial charge in [0, 0.05) is 38.0 Å². The molecule has 6 nitrogen and oxygen atoms in total. The zero-order chi connectivity index (χ0) is 18.8. The summed E-state index contributed by atoms with van der Waals surface area (Å²) in [5.41, 5.74) is 2.67. The van der Waals surface area contributed by atoms with E-state index in [1.54, 1.807) is 25.4 Å². The van der Waals surface area contributed by atoms with Gasteiger partial charge in [0.15, 0.2) is 0 Å². The molecule has 0 saturated carbocycles. The number of aryl methyl sites for hydroxylation is 1. The molecule has 0 radical (unpaired) electrons. The van der Waals surface area contributed by atoms with Crippen LogP contribution in [0.1, 0.15) is 5.82 Å². The van der Waals surface area contributed by atoms with Gasteiger partial charge in [-0.25, -0.2) is 14.1 Å². The molecule has 2 heterocycles. The monoisotopic (exact) mass is 363 g/mol. The molecule has 2 aromatic heterocycles. The van der Waals surface area contributed by atoms with Gasteiger partial charge >= 0.3 is 0 Å². The molecule has 4 rings (SSSR count). The van der Waals surface area contributed by atoms with Crippen molar-refractivity contribution < 1.29 is 4.39 Å². The normalized spacial score (nSPS) is 11.0. The number of nitrogens with zero attached hydrogens (tertiary/aromatic N) is 4. The van der Waals surface area contributed by atoms with Gasteiger partial charge in [-0.1, -0.05) is 18.2 Å². The molecule has 0 aliphatic heterocycles. The van der Waals surface area contributed by atoms with Gasteiger partial charge in [-0.15, -0.1) is 0 Å². The van der Waals surface area contributed by atoms with Gasteiger partial charge in [-0.05, 0) is 30.3 Å². The molecular formula is C20H18FN5O. The Labute approximate surface area is 154 Å². The van der Waals surface area contributed by atoms with Crippen LogP contribution in [-0.2, 0) is 13.5 Å². The van der Waals surface area contributed by atoms with Gasteiger partial charge in [-0.3, -0.25) is 9.36 Å². The van der Waals surface area contributed by atoms with Gasteiger partial charge in [0.1, 0.15) is 17.3 Å². The predicted octanol–water partition coefficient (Wildman–Crippen LogP) is 2.91. The topological polar surface area (TPSA) is 64.7 Å². The summed E-state index contributed by atoms with van der Waals surface area (Å²) in [6, 6.07) is 16.0. The number of benzene rings is 2. The van der Waals surface area contributed by atoms with Crippen LogP contribution in [-0.4, -0.2) is 25.9 Å². The van der Waals surface area contributed by atoms with Crippen molar-refractivity contribution >= 4 is 16.7 Å². The number of para-hydroxylation sites is 1. The number of nitrogens with one attached hydrogen (secondary N) is 1. The number of imidazole rings is 1. The van der Waals surface area contributed by atoms with E-state index in [0.29, 0.717) is 18.7 Å². The third kappa shape index (κ3) is 3.31. The summed E-state index contributed by atoms with van der Waals surface area (Å²) in [5, 5.41) is 7.04. The highest BCUT2D eigenvalue weighted by Crippen LogP contribution is 2.22.